The van der Waals surface area contributed by atoms with Crippen molar-refractivity contribution in [2.45, 2.75) is 13.0 Å². The van der Waals surface area contributed by atoms with E-state index in [-0.39, 0.29) is 6.10 Å². The van der Waals surface area contributed by atoms with Crippen LogP contribution < -0.4 is 0 Å². The summed E-state index contributed by atoms with van der Waals surface area (Å²) >= 11 is 2.06. The van der Waals surface area contributed by atoms with Crippen molar-refractivity contribution in [2.24, 2.45) is 0 Å². The van der Waals surface area contributed by atoms with Gasteiger partial charge in [-0.2, -0.15) is 0 Å². The van der Waals surface area contributed by atoms with Crippen molar-refractivity contribution in [3.8, 4) is 0 Å². The van der Waals surface area contributed by atoms with Crippen LogP contribution in [0.25, 0.3) is 0 Å². The molecule has 1 nitrogen and oxygen atoms in total. The monoisotopic (exact) mass is 198 g/mol. The lowest BCUT2D eigenvalue weighted by molar-refractivity contribution is 0.244. The molecule has 0 fully saturated rings. The van der Waals surface area contributed by atoms with Crippen LogP contribution in [-0.2, 0) is 0 Å². The summed E-state index contributed by atoms with van der Waals surface area (Å²) in [6.45, 7) is 1.72. The quantitative estimate of drug-likeness (QED) is 0.630. The molecule has 1 atom stereocenters. The predicted octanol–water partition coefficient (Wildman–Crippen LogP) is 1.32. The van der Waals surface area contributed by atoms with Gasteiger partial charge in [0.25, 0.3) is 0 Å². The van der Waals surface area contributed by atoms with Crippen molar-refractivity contribution in [3.05, 3.63) is 10.2 Å². The number of hydrogen-bond donors (Lipinski definition) is 1. The minimum absolute atomic E-state index is 0.290. The van der Waals surface area contributed by atoms with Crippen molar-refractivity contribution in [1.29, 1.82) is 0 Å². The SMILES string of the molecule is C[C@@H](O)/C=C/I. The fraction of sp³-hybridized carbons (Fsp3) is 0.500. The lowest BCUT2D eigenvalue weighted by atomic mass is 10.4. The molecular formula is C4H7IO. The Hall–Kier alpha value is 0.430. The Morgan fingerprint density at radius 2 is 2.33 bits per heavy atom. The molecule has 0 aromatic rings. The summed E-state index contributed by atoms with van der Waals surface area (Å²) in [5.74, 6) is 0. The molecule has 0 radical (unpaired) electrons. The summed E-state index contributed by atoms with van der Waals surface area (Å²) in [7, 11) is 0. The van der Waals surface area contributed by atoms with E-state index in [9.17, 15) is 0 Å². The molecule has 36 valence electrons. The largest absolute Gasteiger partial charge is 0.389 e. The molecule has 6 heavy (non-hydrogen) atoms. The zero-order valence-electron chi connectivity index (χ0n) is 3.56. The van der Waals surface area contributed by atoms with Crippen LogP contribution in [0.2, 0.25) is 0 Å². The highest BCUT2D eigenvalue weighted by Crippen LogP contribution is 1.87. The summed E-state index contributed by atoms with van der Waals surface area (Å²) in [6.07, 6.45) is 1.42. The van der Waals surface area contributed by atoms with Gasteiger partial charge in [-0.05, 0) is 11.0 Å². The van der Waals surface area contributed by atoms with Gasteiger partial charge in [-0.15, -0.1) is 0 Å². The van der Waals surface area contributed by atoms with Crippen LogP contribution in [0.3, 0.4) is 0 Å². The summed E-state index contributed by atoms with van der Waals surface area (Å²) in [4.78, 5) is 0. The smallest absolute Gasteiger partial charge is 0.0700 e. The minimum atomic E-state index is -0.290. The highest BCUT2D eigenvalue weighted by molar-refractivity contribution is 14.1. The molecule has 0 aromatic heterocycles. The number of halogens is 1. The van der Waals surface area contributed by atoms with Gasteiger partial charge >= 0.3 is 0 Å². The van der Waals surface area contributed by atoms with E-state index in [0.29, 0.717) is 0 Å². The molecule has 0 spiro atoms. The third kappa shape index (κ3) is 4.43. The molecule has 0 heterocycles. The van der Waals surface area contributed by atoms with Crippen molar-refractivity contribution >= 4 is 22.6 Å². The Labute approximate surface area is 51.2 Å². The van der Waals surface area contributed by atoms with Crippen LogP contribution in [0, 0.1) is 0 Å². The maximum atomic E-state index is 8.46. The molecule has 0 saturated heterocycles. The van der Waals surface area contributed by atoms with Crippen LogP contribution in [-0.4, -0.2) is 11.2 Å². The average molecular weight is 198 g/mol. The van der Waals surface area contributed by atoms with Crippen LogP contribution in [0.15, 0.2) is 10.2 Å². The number of aliphatic hydroxyl groups excluding tert-OH is 1. The molecule has 0 rings (SSSR count). The van der Waals surface area contributed by atoms with E-state index in [1.54, 1.807) is 17.1 Å². The Morgan fingerprint density at radius 1 is 1.83 bits per heavy atom. The summed E-state index contributed by atoms with van der Waals surface area (Å²) in [5.41, 5.74) is 0. The van der Waals surface area contributed by atoms with E-state index in [4.69, 9.17) is 5.11 Å². The Kier molecular flexibility index (Phi) is 3.87. The van der Waals surface area contributed by atoms with E-state index in [1.165, 1.54) is 0 Å². The van der Waals surface area contributed by atoms with E-state index in [1.807, 2.05) is 0 Å². The van der Waals surface area contributed by atoms with Gasteiger partial charge in [0.1, 0.15) is 0 Å². The highest BCUT2D eigenvalue weighted by Gasteiger charge is 1.78. The Balaban J connectivity index is 3.03. The van der Waals surface area contributed by atoms with E-state index in [0.717, 1.165) is 0 Å². The van der Waals surface area contributed by atoms with E-state index in [2.05, 4.69) is 22.6 Å². The van der Waals surface area contributed by atoms with Crippen molar-refractivity contribution in [1.82, 2.24) is 0 Å². The maximum absolute atomic E-state index is 8.46. The highest BCUT2D eigenvalue weighted by atomic mass is 127. The van der Waals surface area contributed by atoms with Gasteiger partial charge in [-0.3, -0.25) is 0 Å². The summed E-state index contributed by atoms with van der Waals surface area (Å²) in [5, 5.41) is 8.46. The summed E-state index contributed by atoms with van der Waals surface area (Å²) < 4.78 is 1.79. The van der Waals surface area contributed by atoms with Gasteiger partial charge in [0, 0.05) is 0 Å². The lowest BCUT2D eigenvalue weighted by Gasteiger charge is -1.86. The molecule has 0 amide bonds. The third-order valence-corrected chi connectivity index (χ3v) is 0.766. The maximum Gasteiger partial charge on any atom is 0.0700 e. The van der Waals surface area contributed by atoms with Gasteiger partial charge in [0.2, 0.25) is 0 Å². The fourth-order valence-corrected chi connectivity index (χ4v) is 0.706. The molecule has 0 saturated carbocycles. The molecule has 0 aliphatic carbocycles. The number of hydrogen-bond acceptors (Lipinski definition) is 1. The summed E-state index contributed by atoms with van der Waals surface area (Å²) in [6, 6.07) is 0. The Bertz CT molecular complexity index is 49.5. The zero-order chi connectivity index (χ0) is 4.99. The molecular weight excluding hydrogens is 191 g/mol. The molecule has 2 heteroatoms. The number of aliphatic hydroxyl groups is 1. The second-order valence-corrected chi connectivity index (χ2v) is 1.78. The average Bonchev–Trinajstić information content (AvgIpc) is 1.35. The van der Waals surface area contributed by atoms with Gasteiger partial charge in [-0.25, -0.2) is 0 Å². The standard InChI is InChI=1S/C4H7IO/c1-4(6)2-3-5/h2-4,6H,1H3/b3-2+/t4-/m1/s1. The van der Waals surface area contributed by atoms with Crippen LogP contribution in [0.5, 0.6) is 0 Å². The zero-order valence-corrected chi connectivity index (χ0v) is 5.71. The minimum Gasteiger partial charge on any atom is -0.389 e. The van der Waals surface area contributed by atoms with Crippen LogP contribution in [0.4, 0.5) is 0 Å². The second-order valence-electron chi connectivity index (χ2n) is 1.06. The normalized spacial score (nSPS) is 15.8. The molecule has 0 bridgehead atoms. The molecule has 0 aromatic carbocycles. The van der Waals surface area contributed by atoms with Crippen LogP contribution in [0.1, 0.15) is 6.92 Å². The molecule has 0 unspecified atom stereocenters. The fourth-order valence-electron chi connectivity index (χ4n) is 0.105. The second kappa shape index (κ2) is 3.61. The first-order valence-corrected chi connectivity index (χ1v) is 2.97. The molecule has 1 N–H and O–H groups in total. The number of rotatable bonds is 1. The van der Waals surface area contributed by atoms with Gasteiger partial charge in [-0.1, -0.05) is 28.7 Å². The topological polar surface area (TPSA) is 20.2 Å². The first-order chi connectivity index (χ1) is 2.77. The van der Waals surface area contributed by atoms with Gasteiger partial charge < -0.3 is 5.11 Å². The van der Waals surface area contributed by atoms with Gasteiger partial charge in [0.15, 0.2) is 0 Å². The predicted molar refractivity (Wildman–Crippen MR) is 34.8 cm³/mol. The van der Waals surface area contributed by atoms with Crippen molar-refractivity contribution in [2.75, 3.05) is 0 Å². The van der Waals surface area contributed by atoms with Crippen LogP contribution >= 0.6 is 22.6 Å². The third-order valence-electron chi connectivity index (χ3n) is 0.351. The van der Waals surface area contributed by atoms with E-state index >= 15 is 0 Å². The molecule has 0 aliphatic heterocycles. The lowest BCUT2D eigenvalue weighted by Crippen LogP contribution is -1.89. The van der Waals surface area contributed by atoms with Gasteiger partial charge in [0.05, 0.1) is 6.10 Å². The molecule has 0 aliphatic rings. The van der Waals surface area contributed by atoms with Crippen molar-refractivity contribution in [3.63, 3.8) is 0 Å². The first-order valence-electron chi connectivity index (χ1n) is 1.72. The van der Waals surface area contributed by atoms with E-state index < -0.39 is 0 Å². The van der Waals surface area contributed by atoms with Crippen molar-refractivity contribution < 1.29 is 5.11 Å². The Morgan fingerprint density at radius 3 is 2.33 bits per heavy atom. The first kappa shape index (κ1) is 6.43.